The Morgan fingerprint density at radius 3 is 2.71 bits per heavy atom. The number of hydrogen-bond donors (Lipinski definition) is 2. The Morgan fingerprint density at radius 1 is 1.29 bits per heavy atom. The van der Waals surface area contributed by atoms with Gasteiger partial charge in [-0.2, -0.15) is 0 Å². The van der Waals surface area contributed by atoms with E-state index in [9.17, 15) is 9.59 Å². The van der Waals surface area contributed by atoms with E-state index in [0.29, 0.717) is 49.7 Å². The van der Waals surface area contributed by atoms with E-state index >= 15 is 0 Å². The van der Waals surface area contributed by atoms with Gasteiger partial charge in [0.05, 0.1) is 5.69 Å². The third-order valence-electron chi connectivity index (χ3n) is 4.23. The van der Waals surface area contributed by atoms with E-state index in [0.717, 1.165) is 5.56 Å². The second-order valence-electron chi connectivity index (χ2n) is 5.93. The van der Waals surface area contributed by atoms with Gasteiger partial charge in [0.2, 0.25) is 5.95 Å². The van der Waals surface area contributed by atoms with Crippen LogP contribution in [0.4, 0.5) is 10.7 Å². The number of aromatic amines is 1. The van der Waals surface area contributed by atoms with Crippen molar-refractivity contribution in [2.24, 2.45) is 0 Å². The minimum atomic E-state index is -0.958. The van der Waals surface area contributed by atoms with Crippen LogP contribution in [-0.4, -0.2) is 46.2 Å². The van der Waals surface area contributed by atoms with Gasteiger partial charge < -0.3 is 14.9 Å². The molecule has 7 heteroatoms. The molecule has 0 bridgehead atoms. The molecule has 0 spiro atoms. The highest BCUT2D eigenvalue weighted by molar-refractivity contribution is 5.65. The predicted octanol–water partition coefficient (Wildman–Crippen LogP) is 1.48. The zero-order valence-electron chi connectivity index (χ0n) is 13.5. The second-order valence-corrected chi connectivity index (χ2v) is 5.93. The highest BCUT2D eigenvalue weighted by Crippen LogP contribution is 2.15. The summed E-state index contributed by atoms with van der Waals surface area (Å²) in [4.78, 5) is 34.1. The molecule has 1 aliphatic heterocycles. The maximum atomic E-state index is 12.4. The molecule has 126 valence electrons. The summed E-state index contributed by atoms with van der Waals surface area (Å²) >= 11 is 0. The van der Waals surface area contributed by atoms with E-state index in [4.69, 9.17) is 5.11 Å². The number of nitrogens with one attached hydrogen (secondary N) is 1. The van der Waals surface area contributed by atoms with Crippen LogP contribution in [0.1, 0.15) is 16.8 Å². The van der Waals surface area contributed by atoms with E-state index in [1.807, 2.05) is 42.3 Å². The first-order valence-corrected chi connectivity index (χ1v) is 7.89. The van der Waals surface area contributed by atoms with E-state index in [1.54, 1.807) is 0 Å². The molecule has 1 aromatic carbocycles. The Hall–Kier alpha value is -2.83. The average molecular weight is 328 g/mol. The first-order chi connectivity index (χ1) is 11.5. The van der Waals surface area contributed by atoms with Gasteiger partial charge in [0.25, 0.3) is 5.56 Å². The molecule has 0 aliphatic carbocycles. The number of amides is 1. The number of hydrogen-bond acceptors (Lipinski definition) is 4. The molecule has 2 heterocycles. The van der Waals surface area contributed by atoms with Gasteiger partial charge in [-0.05, 0) is 12.0 Å². The number of benzene rings is 1. The van der Waals surface area contributed by atoms with E-state index < -0.39 is 6.09 Å². The predicted molar refractivity (Wildman–Crippen MR) is 90.4 cm³/mol. The number of carbonyl (C=O) groups is 1. The van der Waals surface area contributed by atoms with Gasteiger partial charge in [0.15, 0.2) is 0 Å². The summed E-state index contributed by atoms with van der Waals surface area (Å²) in [7, 11) is 1.87. The Bertz CT molecular complexity index is 788. The number of fused-ring (bicyclic) bond motifs is 1. The topological polar surface area (TPSA) is 89.5 Å². The van der Waals surface area contributed by atoms with Crippen molar-refractivity contribution in [2.75, 3.05) is 25.0 Å². The Morgan fingerprint density at radius 2 is 2.00 bits per heavy atom. The molecular weight excluding hydrogens is 308 g/mol. The largest absolute Gasteiger partial charge is 0.465 e. The van der Waals surface area contributed by atoms with Gasteiger partial charge in [-0.1, -0.05) is 30.3 Å². The fraction of sp³-hybridized carbons (Fsp3) is 0.353. The number of aromatic nitrogens is 2. The Kier molecular flexibility index (Phi) is 4.50. The first-order valence-electron chi connectivity index (χ1n) is 7.89. The SMILES string of the molecule is CN(Cc1ccccc1)c1nc2c(c(=O)[nH]1)CCN(C(=O)O)CC2. The van der Waals surface area contributed by atoms with Gasteiger partial charge >= 0.3 is 6.09 Å². The molecule has 1 aromatic heterocycles. The second kappa shape index (κ2) is 6.74. The zero-order chi connectivity index (χ0) is 17.1. The highest BCUT2D eigenvalue weighted by atomic mass is 16.4. The smallest absolute Gasteiger partial charge is 0.407 e. The lowest BCUT2D eigenvalue weighted by atomic mass is 10.1. The number of nitrogens with zero attached hydrogens (tertiary/aromatic N) is 3. The lowest BCUT2D eigenvalue weighted by molar-refractivity contribution is 0.147. The normalized spacial score (nSPS) is 14.0. The average Bonchev–Trinajstić information content (AvgIpc) is 2.78. The van der Waals surface area contributed by atoms with Crippen molar-refractivity contribution in [3.8, 4) is 0 Å². The molecule has 3 rings (SSSR count). The van der Waals surface area contributed by atoms with Crippen LogP contribution in [0.5, 0.6) is 0 Å². The van der Waals surface area contributed by atoms with Crippen molar-refractivity contribution in [3.63, 3.8) is 0 Å². The van der Waals surface area contributed by atoms with Crippen LogP contribution in [0, 0.1) is 0 Å². The van der Waals surface area contributed by atoms with Crippen molar-refractivity contribution in [1.29, 1.82) is 0 Å². The van der Waals surface area contributed by atoms with Crippen LogP contribution in [0.3, 0.4) is 0 Å². The Labute approximate surface area is 139 Å². The highest BCUT2D eigenvalue weighted by Gasteiger charge is 2.21. The standard InChI is InChI=1S/C17H20N4O3/c1-20(11-12-5-3-2-4-6-12)16-18-14-8-10-21(17(23)24)9-7-13(14)15(22)19-16/h2-6H,7-11H2,1H3,(H,23,24)(H,18,19,22). The van der Waals surface area contributed by atoms with E-state index in [1.165, 1.54) is 4.90 Å². The van der Waals surface area contributed by atoms with Crippen LogP contribution in [-0.2, 0) is 19.4 Å². The monoisotopic (exact) mass is 328 g/mol. The summed E-state index contributed by atoms with van der Waals surface area (Å²) in [6, 6.07) is 9.93. The molecule has 7 nitrogen and oxygen atoms in total. The minimum Gasteiger partial charge on any atom is -0.465 e. The van der Waals surface area contributed by atoms with Crippen LogP contribution >= 0.6 is 0 Å². The quantitative estimate of drug-likeness (QED) is 0.891. The molecule has 1 aliphatic rings. The third-order valence-corrected chi connectivity index (χ3v) is 4.23. The third kappa shape index (κ3) is 3.40. The first kappa shape index (κ1) is 16.0. The molecule has 0 saturated carbocycles. The molecule has 1 amide bonds. The Balaban J connectivity index is 1.84. The summed E-state index contributed by atoms with van der Waals surface area (Å²) < 4.78 is 0. The minimum absolute atomic E-state index is 0.179. The van der Waals surface area contributed by atoms with Crippen molar-refractivity contribution < 1.29 is 9.90 Å². The summed E-state index contributed by atoms with van der Waals surface area (Å²) in [5, 5.41) is 9.13. The fourth-order valence-electron chi connectivity index (χ4n) is 2.90. The van der Waals surface area contributed by atoms with Gasteiger partial charge in [-0.25, -0.2) is 9.78 Å². The van der Waals surface area contributed by atoms with Crippen molar-refractivity contribution in [1.82, 2.24) is 14.9 Å². The maximum absolute atomic E-state index is 12.4. The molecule has 0 atom stereocenters. The van der Waals surface area contributed by atoms with Gasteiger partial charge in [0.1, 0.15) is 0 Å². The van der Waals surface area contributed by atoms with Crippen molar-refractivity contribution in [3.05, 3.63) is 57.5 Å². The number of H-pyrrole nitrogens is 1. The molecule has 24 heavy (non-hydrogen) atoms. The molecule has 0 unspecified atom stereocenters. The summed E-state index contributed by atoms with van der Waals surface area (Å²) in [5.41, 5.74) is 2.23. The summed E-state index contributed by atoms with van der Waals surface area (Å²) in [5.74, 6) is 0.506. The van der Waals surface area contributed by atoms with E-state index in [-0.39, 0.29) is 5.56 Å². The molecule has 0 fully saturated rings. The molecule has 2 aromatic rings. The number of carboxylic acid groups (broad SMARTS) is 1. The van der Waals surface area contributed by atoms with Gasteiger partial charge in [-0.3, -0.25) is 9.78 Å². The fourth-order valence-corrected chi connectivity index (χ4v) is 2.90. The molecule has 2 N–H and O–H groups in total. The number of anilines is 1. The van der Waals surface area contributed by atoms with Gasteiger partial charge in [-0.15, -0.1) is 0 Å². The lowest BCUT2D eigenvalue weighted by Gasteiger charge is -2.19. The zero-order valence-corrected chi connectivity index (χ0v) is 13.5. The molecular formula is C17H20N4O3. The molecule has 0 radical (unpaired) electrons. The lowest BCUT2D eigenvalue weighted by Crippen LogP contribution is -2.31. The van der Waals surface area contributed by atoms with E-state index in [2.05, 4.69) is 9.97 Å². The van der Waals surface area contributed by atoms with Crippen molar-refractivity contribution in [2.45, 2.75) is 19.4 Å². The van der Waals surface area contributed by atoms with Crippen LogP contribution in [0.15, 0.2) is 35.1 Å². The van der Waals surface area contributed by atoms with Gasteiger partial charge in [0, 0.05) is 38.7 Å². The molecule has 0 saturated heterocycles. The van der Waals surface area contributed by atoms with Crippen LogP contribution < -0.4 is 10.5 Å². The van der Waals surface area contributed by atoms with Crippen molar-refractivity contribution >= 4 is 12.0 Å². The van der Waals surface area contributed by atoms with Crippen LogP contribution in [0.25, 0.3) is 0 Å². The summed E-state index contributed by atoms with van der Waals surface area (Å²) in [6.07, 6.45) is -0.106. The van der Waals surface area contributed by atoms with Crippen LogP contribution in [0.2, 0.25) is 0 Å². The maximum Gasteiger partial charge on any atom is 0.407 e. The number of rotatable bonds is 3. The summed E-state index contributed by atoms with van der Waals surface area (Å²) in [6.45, 7) is 1.32.